The van der Waals surface area contributed by atoms with Gasteiger partial charge in [0, 0.05) is 25.7 Å². The Morgan fingerprint density at radius 3 is 0.763 bits per heavy atom. The zero-order valence-electron chi connectivity index (χ0n) is 60.9. The first-order valence-electron chi connectivity index (χ1n) is 38.3. The van der Waals surface area contributed by atoms with E-state index in [1.165, 1.54) is 167 Å². The van der Waals surface area contributed by atoms with Crippen LogP contribution >= 0.6 is 15.6 Å². The Labute approximate surface area is 568 Å². The van der Waals surface area contributed by atoms with Gasteiger partial charge in [0.15, 0.2) is 12.2 Å². The molecule has 0 bridgehead atoms. The number of phosphoric acid groups is 2. The van der Waals surface area contributed by atoms with Crippen molar-refractivity contribution in [1.82, 2.24) is 0 Å². The minimum absolute atomic E-state index is 0.103. The van der Waals surface area contributed by atoms with Gasteiger partial charge >= 0.3 is 39.5 Å². The van der Waals surface area contributed by atoms with Gasteiger partial charge in [-0.1, -0.05) is 319 Å². The SMILES string of the molecule is CCC(C)CCCCCCCCCCC(=O)OC[C@H](COP(=O)(O)OC[C@@H](O)COP(=O)(O)OC[C@@H](COC(=O)CCCCCCCCC(C)CC)OC(=O)CCCCCCCCCCCCCCCCCCCCC(C)C)OC(=O)CCCCCCCCCC(C)C. The monoisotopic (exact) mass is 1370 g/mol. The molecule has 7 atom stereocenters. The molecule has 552 valence electrons. The van der Waals surface area contributed by atoms with E-state index in [9.17, 15) is 43.2 Å². The summed E-state index contributed by atoms with van der Waals surface area (Å²) in [5, 5.41) is 10.6. The number of esters is 4. The minimum Gasteiger partial charge on any atom is -0.462 e. The molecule has 0 fully saturated rings. The van der Waals surface area contributed by atoms with Crippen molar-refractivity contribution in [3.05, 3.63) is 0 Å². The lowest BCUT2D eigenvalue weighted by atomic mass is 9.99. The van der Waals surface area contributed by atoms with Crippen LogP contribution in [-0.2, 0) is 65.4 Å². The smallest absolute Gasteiger partial charge is 0.462 e. The second-order valence-corrected chi connectivity index (χ2v) is 31.0. The zero-order valence-corrected chi connectivity index (χ0v) is 62.7. The average molecular weight is 1370 g/mol. The lowest BCUT2D eigenvalue weighted by Gasteiger charge is -2.21. The molecule has 0 radical (unpaired) electrons. The molecule has 0 rings (SSSR count). The quantitative estimate of drug-likeness (QED) is 0.0222. The molecule has 0 saturated carbocycles. The molecule has 0 aliphatic carbocycles. The molecule has 19 heteroatoms. The van der Waals surface area contributed by atoms with E-state index in [2.05, 4.69) is 55.4 Å². The van der Waals surface area contributed by atoms with Crippen LogP contribution in [0.3, 0.4) is 0 Å². The van der Waals surface area contributed by atoms with Gasteiger partial charge in [0.1, 0.15) is 19.3 Å². The van der Waals surface area contributed by atoms with Crippen molar-refractivity contribution in [2.75, 3.05) is 39.6 Å². The maximum Gasteiger partial charge on any atom is 0.472 e. The summed E-state index contributed by atoms with van der Waals surface area (Å²) in [4.78, 5) is 72.6. The van der Waals surface area contributed by atoms with Crippen molar-refractivity contribution in [3.63, 3.8) is 0 Å². The van der Waals surface area contributed by atoms with E-state index < -0.39 is 97.5 Å². The highest BCUT2D eigenvalue weighted by Crippen LogP contribution is 2.45. The lowest BCUT2D eigenvalue weighted by molar-refractivity contribution is -0.161. The first kappa shape index (κ1) is 91.1. The highest BCUT2D eigenvalue weighted by molar-refractivity contribution is 7.47. The summed E-state index contributed by atoms with van der Waals surface area (Å²) in [6.45, 7) is 14.1. The second-order valence-electron chi connectivity index (χ2n) is 28.1. The van der Waals surface area contributed by atoms with E-state index in [-0.39, 0.29) is 25.7 Å². The van der Waals surface area contributed by atoms with Crippen LogP contribution in [-0.4, -0.2) is 96.7 Å². The van der Waals surface area contributed by atoms with Crippen LogP contribution in [0.15, 0.2) is 0 Å². The van der Waals surface area contributed by atoms with E-state index in [1.54, 1.807) is 0 Å². The third-order valence-electron chi connectivity index (χ3n) is 17.8. The number of aliphatic hydroxyl groups excluding tert-OH is 1. The van der Waals surface area contributed by atoms with E-state index >= 15 is 0 Å². The number of phosphoric ester groups is 2. The Morgan fingerprint density at radius 1 is 0.301 bits per heavy atom. The summed E-state index contributed by atoms with van der Waals surface area (Å²) in [5.41, 5.74) is 0. The molecule has 0 aromatic rings. The highest BCUT2D eigenvalue weighted by Gasteiger charge is 2.30. The Bertz CT molecular complexity index is 1840. The van der Waals surface area contributed by atoms with Crippen molar-refractivity contribution < 1.29 is 80.2 Å². The molecular weight excluding hydrogens is 1220 g/mol. The number of carbonyl (C=O) groups excluding carboxylic acids is 4. The standard InChI is InChI=1S/C74H144O17P2/c1-9-66(7)52-44-36-28-23-24-29-38-46-54-71(76)84-60-69(91-74(79)57-49-41-31-25-27-35-43-51-65(5)6)62-88-92(80,81)86-58-68(75)59-87-93(82,83)89-63-70(61-85-72(77)55-47-39-33-32-37-45-53-67(8)10-2)90-73(78)56-48-40-30-22-20-18-16-14-12-11-13-15-17-19-21-26-34-42-50-64(3)4/h64-70,75H,9-63H2,1-8H3,(H,80,81)(H,82,83)/t66?,67?,68-,69-,70-/m1/s1. The van der Waals surface area contributed by atoms with Crippen molar-refractivity contribution in [2.45, 2.75) is 388 Å². The molecule has 17 nitrogen and oxygen atoms in total. The van der Waals surface area contributed by atoms with Gasteiger partial charge in [0.25, 0.3) is 0 Å². The van der Waals surface area contributed by atoms with E-state index in [1.807, 2.05) is 0 Å². The number of hydrogen-bond acceptors (Lipinski definition) is 15. The van der Waals surface area contributed by atoms with Crippen LogP contribution in [0.2, 0.25) is 0 Å². The molecule has 0 spiro atoms. The molecule has 0 aliphatic rings. The average Bonchev–Trinajstić information content (AvgIpc) is 3.24. The molecule has 0 amide bonds. The summed E-state index contributed by atoms with van der Waals surface area (Å²) in [7, 11) is -9.91. The third-order valence-corrected chi connectivity index (χ3v) is 19.7. The Morgan fingerprint density at radius 2 is 0.516 bits per heavy atom. The number of carbonyl (C=O) groups is 4. The topological polar surface area (TPSA) is 237 Å². The molecule has 0 heterocycles. The number of unbranched alkanes of at least 4 members (excludes halogenated alkanes) is 35. The van der Waals surface area contributed by atoms with Crippen LogP contribution in [0, 0.1) is 23.7 Å². The van der Waals surface area contributed by atoms with E-state index in [0.29, 0.717) is 31.6 Å². The summed E-state index contributed by atoms with van der Waals surface area (Å²) >= 11 is 0. The van der Waals surface area contributed by atoms with Crippen LogP contribution < -0.4 is 0 Å². The van der Waals surface area contributed by atoms with Gasteiger partial charge in [0.2, 0.25) is 0 Å². The molecule has 0 saturated heterocycles. The maximum absolute atomic E-state index is 13.0. The fourth-order valence-corrected chi connectivity index (χ4v) is 12.7. The fourth-order valence-electron chi connectivity index (χ4n) is 11.1. The highest BCUT2D eigenvalue weighted by atomic mass is 31.2. The van der Waals surface area contributed by atoms with Gasteiger partial charge in [-0.15, -0.1) is 0 Å². The van der Waals surface area contributed by atoms with Gasteiger partial charge in [-0.05, 0) is 49.4 Å². The van der Waals surface area contributed by atoms with Gasteiger partial charge in [-0.3, -0.25) is 37.3 Å². The van der Waals surface area contributed by atoms with Crippen molar-refractivity contribution in [2.24, 2.45) is 23.7 Å². The predicted octanol–water partition coefficient (Wildman–Crippen LogP) is 21.3. The Balaban J connectivity index is 5.17. The molecule has 93 heavy (non-hydrogen) atoms. The van der Waals surface area contributed by atoms with Crippen LogP contribution in [0.4, 0.5) is 0 Å². The summed E-state index contributed by atoms with van der Waals surface area (Å²) < 4.78 is 68.4. The van der Waals surface area contributed by atoms with Gasteiger partial charge in [0.05, 0.1) is 26.4 Å². The first-order chi connectivity index (χ1) is 44.7. The fraction of sp³-hybridized carbons (Fsp3) is 0.946. The van der Waals surface area contributed by atoms with E-state index in [0.717, 1.165) is 114 Å². The van der Waals surface area contributed by atoms with Crippen molar-refractivity contribution >= 4 is 39.5 Å². The van der Waals surface area contributed by atoms with E-state index in [4.69, 9.17) is 37.0 Å². The van der Waals surface area contributed by atoms with Crippen LogP contribution in [0.1, 0.15) is 370 Å². The first-order valence-corrected chi connectivity index (χ1v) is 41.3. The number of ether oxygens (including phenoxy) is 4. The molecule has 0 aliphatic heterocycles. The molecule has 3 N–H and O–H groups in total. The molecule has 0 aromatic carbocycles. The summed E-state index contributed by atoms with van der Waals surface area (Å²) in [5.74, 6) is 0.896. The maximum atomic E-state index is 13.0. The number of hydrogen-bond donors (Lipinski definition) is 3. The van der Waals surface area contributed by atoms with Crippen LogP contribution in [0.25, 0.3) is 0 Å². The zero-order chi connectivity index (χ0) is 68.9. The summed E-state index contributed by atoms with van der Waals surface area (Å²) in [6.07, 6.45) is 47.4. The molecule has 0 aromatic heterocycles. The predicted molar refractivity (Wildman–Crippen MR) is 377 cm³/mol. The number of rotatable bonds is 71. The molecular formula is C74H144O17P2. The lowest BCUT2D eigenvalue weighted by Crippen LogP contribution is -2.30. The van der Waals surface area contributed by atoms with Crippen molar-refractivity contribution in [3.8, 4) is 0 Å². The normalized spacial score (nSPS) is 14.8. The minimum atomic E-state index is -4.96. The second kappa shape index (κ2) is 63.5. The number of aliphatic hydroxyl groups is 1. The van der Waals surface area contributed by atoms with Gasteiger partial charge in [-0.2, -0.15) is 0 Å². The van der Waals surface area contributed by atoms with Gasteiger partial charge < -0.3 is 33.8 Å². The van der Waals surface area contributed by atoms with Gasteiger partial charge in [-0.25, -0.2) is 9.13 Å². The third kappa shape index (κ3) is 65.8. The van der Waals surface area contributed by atoms with Crippen molar-refractivity contribution in [1.29, 1.82) is 0 Å². The van der Waals surface area contributed by atoms with Crippen LogP contribution in [0.5, 0.6) is 0 Å². The summed E-state index contributed by atoms with van der Waals surface area (Å²) in [6, 6.07) is 0. The Kier molecular flexibility index (Phi) is 62.2. The Hall–Kier alpha value is -1.94. The molecule has 4 unspecified atom stereocenters. The largest absolute Gasteiger partial charge is 0.472 e.